The van der Waals surface area contributed by atoms with E-state index in [1.54, 1.807) is 12.1 Å². The van der Waals surface area contributed by atoms with E-state index in [0.29, 0.717) is 26.3 Å². The van der Waals surface area contributed by atoms with E-state index < -0.39 is 0 Å². The van der Waals surface area contributed by atoms with Crippen LogP contribution in [0.15, 0.2) is 24.3 Å². The number of urea groups is 1. The normalized spacial score (nSPS) is 20.2. The molecule has 120 valence electrons. The molecule has 0 atom stereocenters. The van der Waals surface area contributed by atoms with Gasteiger partial charge < -0.3 is 14.5 Å². The molecule has 2 amide bonds. The van der Waals surface area contributed by atoms with Crippen LogP contribution < -0.4 is 0 Å². The Morgan fingerprint density at radius 1 is 1.05 bits per heavy atom. The Kier molecular flexibility index (Phi) is 4.90. The molecule has 0 bridgehead atoms. The van der Waals surface area contributed by atoms with Crippen LogP contribution in [-0.4, -0.2) is 73.2 Å². The van der Waals surface area contributed by atoms with Gasteiger partial charge in [0.2, 0.25) is 0 Å². The molecule has 2 aliphatic rings. The summed E-state index contributed by atoms with van der Waals surface area (Å²) in [6.45, 7) is 6.47. The monoisotopic (exact) mass is 307 g/mol. The molecule has 2 heterocycles. The van der Waals surface area contributed by atoms with Gasteiger partial charge in [0.05, 0.1) is 13.2 Å². The Balaban J connectivity index is 1.48. The van der Waals surface area contributed by atoms with Gasteiger partial charge in [-0.2, -0.15) is 0 Å². The fourth-order valence-electron chi connectivity index (χ4n) is 2.95. The van der Waals surface area contributed by atoms with Gasteiger partial charge in [-0.1, -0.05) is 12.1 Å². The third kappa shape index (κ3) is 3.75. The van der Waals surface area contributed by atoms with Crippen molar-refractivity contribution in [2.75, 3.05) is 52.5 Å². The number of carbonyl (C=O) groups is 1. The summed E-state index contributed by atoms with van der Waals surface area (Å²) in [4.78, 5) is 18.4. The number of hydrogen-bond acceptors (Lipinski definition) is 3. The third-order valence-electron chi connectivity index (χ3n) is 4.22. The lowest BCUT2D eigenvalue weighted by molar-refractivity contribution is 0.0373. The van der Waals surface area contributed by atoms with Crippen LogP contribution >= 0.6 is 0 Å². The van der Waals surface area contributed by atoms with Gasteiger partial charge in [-0.05, 0) is 17.7 Å². The largest absolute Gasteiger partial charge is 0.378 e. The Morgan fingerprint density at radius 2 is 1.73 bits per heavy atom. The number of hydrogen-bond donors (Lipinski definition) is 0. The van der Waals surface area contributed by atoms with Crippen molar-refractivity contribution in [1.29, 1.82) is 0 Å². The maximum atomic E-state index is 13.2. The van der Waals surface area contributed by atoms with Crippen LogP contribution in [0.4, 0.5) is 9.18 Å². The molecule has 22 heavy (non-hydrogen) atoms. The van der Waals surface area contributed by atoms with E-state index in [0.717, 1.165) is 38.3 Å². The van der Waals surface area contributed by atoms with E-state index in [9.17, 15) is 9.18 Å². The molecule has 2 saturated heterocycles. The smallest absolute Gasteiger partial charge is 0.320 e. The molecule has 0 N–H and O–H groups in total. The van der Waals surface area contributed by atoms with Crippen LogP contribution in [0.5, 0.6) is 0 Å². The summed E-state index contributed by atoms with van der Waals surface area (Å²) in [6.07, 6.45) is 0. The second-order valence-electron chi connectivity index (χ2n) is 5.78. The first kappa shape index (κ1) is 15.2. The zero-order chi connectivity index (χ0) is 15.4. The van der Waals surface area contributed by atoms with E-state index in [1.165, 1.54) is 6.07 Å². The lowest BCUT2D eigenvalue weighted by Crippen LogP contribution is -2.54. The van der Waals surface area contributed by atoms with Gasteiger partial charge in [0.1, 0.15) is 5.82 Å². The average molecular weight is 307 g/mol. The van der Waals surface area contributed by atoms with E-state index in [2.05, 4.69) is 4.90 Å². The van der Waals surface area contributed by atoms with Crippen molar-refractivity contribution in [1.82, 2.24) is 14.7 Å². The lowest BCUT2D eigenvalue weighted by Gasteiger charge is -2.38. The highest BCUT2D eigenvalue weighted by atomic mass is 19.1. The number of amides is 2. The summed E-state index contributed by atoms with van der Waals surface area (Å²) < 4.78 is 18.5. The third-order valence-corrected chi connectivity index (χ3v) is 4.22. The molecule has 0 saturated carbocycles. The molecule has 0 aliphatic carbocycles. The number of ether oxygens (including phenoxy) is 1. The van der Waals surface area contributed by atoms with Crippen molar-refractivity contribution in [2.45, 2.75) is 6.54 Å². The van der Waals surface area contributed by atoms with Gasteiger partial charge in [0, 0.05) is 45.8 Å². The molecule has 5 nitrogen and oxygen atoms in total. The summed E-state index contributed by atoms with van der Waals surface area (Å²) in [7, 11) is 0. The Hall–Kier alpha value is -1.66. The fraction of sp³-hybridized carbons (Fsp3) is 0.562. The Labute approximate surface area is 130 Å². The number of piperazine rings is 1. The summed E-state index contributed by atoms with van der Waals surface area (Å²) in [5.74, 6) is -0.196. The number of nitrogens with zero attached hydrogens (tertiary/aromatic N) is 3. The SMILES string of the molecule is O=C(N1CCOCC1)N1CCN(Cc2cccc(F)c2)CC1. The Bertz CT molecular complexity index is 512. The lowest BCUT2D eigenvalue weighted by atomic mass is 10.2. The maximum absolute atomic E-state index is 13.2. The van der Waals surface area contributed by atoms with Gasteiger partial charge in [0.25, 0.3) is 0 Å². The second kappa shape index (κ2) is 7.07. The van der Waals surface area contributed by atoms with Gasteiger partial charge in [-0.25, -0.2) is 9.18 Å². The molecule has 1 aromatic rings. The predicted octanol–water partition coefficient (Wildman–Crippen LogP) is 1.40. The predicted molar refractivity (Wildman–Crippen MR) is 81.0 cm³/mol. The number of carbonyl (C=O) groups excluding carboxylic acids is 1. The molecule has 3 rings (SSSR count). The van der Waals surface area contributed by atoms with Crippen molar-refractivity contribution in [3.05, 3.63) is 35.6 Å². The van der Waals surface area contributed by atoms with Crippen LogP contribution in [0, 0.1) is 5.82 Å². The summed E-state index contributed by atoms with van der Waals surface area (Å²) >= 11 is 0. The topological polar surface area (TPSA) is 36.0 Å². The summed E-state index contributed by atoms with van der Waals surface area (Å²) in [5, 5.41) is 0. The first-order valence-electron chi connectivity index (χ1n) is 7.81. The van der Waals surface area contributed by atoms with Gasteiger partial charge in [0.15, 0.2) is 0 Å². The number of rotatable bonds is 2. The van der Waals surface area contributed by atoms with Crippen molar-refractivity contribution in [2.24, 2.45) is 0 Å². The second-order valence-corrected chi connectivity index (χ2v) is 5.78. The van der Waals surface area contributed by atoms with Gasteiger partial charge >= 0.3 is 6.03 Å². The molecule has 0 unspecified atom stereocenters. The van der Waals surface area contributed by atoms with Gasteiger partial charge in [-0.3, -0.25) is 4.90 Å². The highest BCUT2D eigenvalue weighted by molar-refractivity contribution is 5.74. The molecule has 6 heteroatoms. The van der Waals surface area contributed by atoms with E-state index in [-0.39, 0.29) is 11.8 Å². The standard InChI is InChI=1S/C16H22FN3O2/c17-15-3-1-2-14(12-15)13-18-4-6-19(7-5-18)16(21)20-8-10-22-11-9-20/h1-3,12H,4-11,13H2. The van der Waals surface area contributed by atoms with Crippen LogP contribution in [0.3, 0.4) is 0 Å². The molecule has 2 aliphatic heterocycles. The fourth-order valence-corrected chi connectivity index (χ4v) is 2.95. The molecular formula is C16H22FN3O2. The molecule has 0 spiro atoms. The minimum absolute atomic E-state index is 0.119. The zero-order valence-corrected chi connectivity index (χ0v) is 12.7. The van der Waals surface area contributed by atoms with E-state index in [4.69, 9.17) is 4.74 Å². The minimum Gasteiger partial charge on any atom is -0.378 e. The summed E-state index contributed by atoms with van der Waals surface area (Å²) in [6, 6.07) is 6.83. The van der Waals surface area contributed by atoms with Crippen LogP contribution in [0.2, 0.25) is 0 Å². The maximum Gasteiger partial charge on any atom is 0.320 e. The average Bonchev–Trinajstić information content (AvgIpc) is 2.56. The quantitative estimate of drug-likeness (QED) is 0.828. The first-order valence-corrected chi connectivity index (χ1v) is 7.81. The van der Waals surface area contributed by atoms with Crippen molar-refractivity contribution in [3.63, 3.8) is 0 Å². The number of benzene rings is 1. The van der Waals surface area contributed by atoms with Crippen LogP contribution in [0.25, 0.3) is 0 Å². The van der Waals surface area contributed by atoms with Crippen molar-refractivity contribution in [3.8, 4) is 0 Å². The van der Waals surface area contributed by atoms with E-state index in [1.807, 2.05) is 15.9 Å². The highest BCUT2D eigenvalue weighted by Gasteiger charge is 2.26. The first-order chi connectivity index (χ1) is 10.7. The molecule has 1 aromatic carbocycles. The van der Waals surface area contributed by atoms with Crippen molar-refractivity contribution >= 4 is 6.03 Å². The van der Waals surface area contributed by atoms with Crippen LogP contribution in [-0.2, 0) is 11.3 Å². The summed E-state index contributed by atoms with van der Waals surface area (Å²) in [5.41, 5.74) is 0.980. The zero-order valence-electron chi connectivity index (χ0n) is 12.7. The number of halogens is 1. The van der Waals surface area contributed by atoms with Crippen molar-refractivity contribution < 1.29 is 13.9 Å². The molecular weight excluding hydrogens is 285 g/mol. The minimum atomic E-state index is -0.196. The highest BCUT2D eigenvalue weighted by Crippen LogP contribution is 2.12. The molecule has 2 fully saturated rings. The Morgan fingerprint density at radius 3 is 2.41 bits per heavy atom. The number of morpholine rings is 1. The van der Waals surface area contributed by atoms with Crippen LogP contribution in [0.1, 0.15) is 5.56 Å². The van der Waals surface area contributed by atoms with E-state index >= 15 is 0 Å². The molecule has 0 aromatic heterocycles. The molecule has 0 radical (unpaired) electrons. The van der Waals surface area contributed by atoms with Gasteiger partial charge in [-0.15, -0.1) is 0 Å².